The Kier molecular flexibility index (Phi) is 9.18. The molecule has 142 valence electrons. The SMILES string of the molecule is COC(=O)CCCc1nnc(NC(=O)C(C)C(N)c2ccccc2)s1.Cl. The summed E-state index contributed by atoms with van der Waals surface area (Å²) in [6.45, 7) is 1.78. The van der Waals surface area contributed by atoms with Crippen molar-refractivity contribution < 1.29 is 14.3 Å². The smallest absolute Gasteiger partial charge is 0.305 e. The number of carbonyl (C=O) groups is 2. The van der Waals surface area contributed by atoms with Crippen LogP contribution in [-0.4, -0.2) is 29.2 Å². The van der Waals surface area contributed by atoms with Gasteiger partial charge in [-0.1, -0.05) is 48.6 Å². The van der Waals surface area contributed by atoms with E-state index in [0.29, 0.717) is 24.4 Å². The van der Waals surface area contributed by atoms with Crippen LogP contribution in [0.2, 0.25) is 0 Å². The second kappa shape index (κ2) is 10.8. The molecule has 1 amide bonds. The third-order valence-electron chi connectivity index (χ3n) is 3.83. The van der Waals surface area contributed by atoms with E-state index in [0.717, 1.165) is 10.6 Å². The molecule has 2 aromatic rings. The number of esters is 1. The number of ether oxygens (including phenoxy) is 1. The lowest BCUT2D eigenvalue weighted by Gasteiger charge is -2.18. The molecule has 1 aromatic carbocycles. The van der Waals surface area contributed by atoms with Crippen LogP contribution < -0.4 is 11.1 Å². The Hall–Kier alpha value is -2.03. The third-order valence-corrected chi connectivity index (χ3v) is 4.73. The highest BCUT2D eigenvalue weighted by molar-refractivity contribution is 7.15. The molecule has 1 heterocycles. The first-order valence-electron chi connectivity index (χ1n) is 8.02. The highest BCUT2D eigenvalue weighted by Crippen LogP contribution is 2.22. The fourth-order valence-electron chi connectivity index (χ4n) is 2.24. The summed E-state index contributed by atoms with van der Waals surface area (Å²) in [5.41, 5.74) is 7.08. The number of rotatable bonds is 8. The Morgan fingerprint density at radius 1 is 1.27 bits per heavy atom. The van der Waals surface area contributed by atoms with Gasteiger partial charge < -0.3 is 15.8 Å². The molecule has 2 atom stereocenters. The van der Waals surface area contributed by atoms with Crippen LogP contribution in [-0.2, 0) is 20.7 Å². The maximum absolute atomic E-state index is 12.4. The fraction of sp³-hybridized carbons (Fsp3) is 0.412. The Labute approximate surface area is 162 Å². The number of hydrogen-bond donors (Lipinski definition) is 2. The summed E-state index contributed by atoms with van der Waals surface area (Å²) >= 11 is 1.30. The van der Waals surface area contributed by atoms with Crippen LogP contribution in [0.25, 0.3) is 0 Å². The number of carbonyl (C=O) groups excluding carboxylic acids is 2. The molecule has 7 nitrogen and oxygen atoms in total. The number of nitrogens with zero attached hydrogens (tertiary/aromatic N) is 2. The number of aryl methyl sites for hydroxylation is 1. The number of nitrogens with two attached hydrogens (primary N) is 1. The van der Waals surface area contributed by atoms with Crippen molar-refractivity contribution >= 4 is 40.8 Å². The molecule has 0 spiro atoms. The second-order valence-corrected chi connectivity index (χ2v) is 6.71. The predicted molar refractivity (Wildman–Crippen MR) is 103 cm³/mol. The van der Waals surface area contributed by atoms with Crippen molar-refractivity contribution in [2.45, 2.75) is 32.2 Å². The van der Waals surface area contributed by atoms with Crippen molar-refractivity contribution in [1.29, 1.82) is 0 Å². The zero-order valence-corrected chi connectivity index (χ0v) is 16.3. The normalized spacial score (nSPS) is 12.6. The van der Waals surface area contributed by atoms with Gasteiger partial charge in [-0.15, -0.1) is 22.6 Å². The summed E-state index contributed by atoms with van der Waals surface area (Å²) in [6, 6.07) is 9.10. The monoisotopic (exact) mass is 398 g/mol. The van der Waals surface area contributed by atoms with Gasteiger partial charge in [0.1, 0.15) is 5.01 Å². The molecule has 9 heteroatoms. The van der Waals surface area contributed by atoms with Gasteiger partial charge in [0.05, 0.1) is 13.0 Å². The molecular weight excluding hydrogens is 376 g/mol. The van der Waals surface area contributed by atoms with Gasteiger partial charge in [-0.2, -0.15) is 0 Å². The van der Waals surface area contributed by atoms with Crippen LogP contribution >= 0.6 is 23.7 Å². The number of methoxy groups -OCH3 is 1. The maximum Gasteiger partial charge on any atom is 0.305 e. The van der Waals surface area contributed by atoms with Crippen LogP contribution in [0.4, 0.5) is 5.13 Å². The first-order chi connectivity index (χ1) is 12.0. The molecule has 0 fully saturated rings. The lowest BCUT2D eigenvalue weighted by molar-refractivity contribution is -0.140. The Bertz CT molecular complexity index is 711. The van der Waals surface area contributed by atoms with Crippen molar-refractivity contribution in [3.05, 3.63) is 40.9 Å². The van der Waals surface area contributed by atoms with Gasteiger partial charge in [0.2, 0.25) is 11.0 Å². The van der Waals surface area contributed by atoms with Gasteiger partial charge in [0.25, 0.3) is 0 Å². The van der Waals surface area contributed by atoms with Gasteiger partial charge in [-0.3, -0.25) is 9.59 Å². The minimum atomic E-state index is -0.408. The number of aromatic nitrogens is 2. The summed E-state index contributed by atoms with van der Waals surface area (Å²) in [7, 11) is 1.36. The third kappa shape index (κ3) is 6.36. The molecule has 2 unspecified atom stereocenters. The number of nitrogens with one attached hydrogen (secondary N) is 1. The van der Waals surface area contributed by atoms with Crippen LogP contribution in [0.1, 0.15) is 36.4 Å². The van der Waals surface area contributed by atoms with E-state index >= 15 is 0 Å². The molecule has 1 aromatic heterocycles. The van der Waals surface area contributed by atoms with Gasteiger partial charge in [0, 0.05) is 18.9 Å². The van der Waals surface area contributed by atoms with E-state index in [1.54, 1.807) is 6.92 Å². The molecule has 0 aliphatic carbocycles. The van der Waals surface area contributed by atoms with E-state index in [4.69, 9.17) is 5.73 Å². The summed E-state index contributed by atoms with van der Waals surface area (Å²) in [4.78, 5) is 23.5. The van der Waals surface area contributed by atoms with E-state index in [1.807, 2.05) is 30.3 Å². The Morgan fingerprint density at radius 3 is 2.62 bits per heavy atom. The van der Waals surface area contributed by atoms with Crippen LogP contribution in [0, 0.1) is 5.92 Å². The van der Waals surface area contributed by atoms with Crippen molar-refractivity contribution in [1.82, 2.24) is 10.2 Å². The topological polar surface area (TPSA) is 107 Å². The molecule has 0 saturated heterocycles. The quantitative estimate of drug-likeness (QED) is 0.662. The van der Waals surface area contributed by atoms with Crippen LogP contribution in [0.5, 0.6) is 0 Å². The summed E-state index contributed by atoms with van der Waals surface area (Å²) in [5.74, 6) is -0.857. The van der Waals surface area contributed by atoms with Gasteiger partial charge in [-0.05, 0) is 12.0 Å². The maximum atomic E-state index is 12.4. The van der Waals surface area contributed by atoms with Crippen molar-refractivity contribution in [3.63, 3.8) is 0 Å². The van der Waals surface area contributed by atoms with E-state index in [2.05, 4.69) is 20.3 Å². The molecule has 0 saturated carbocycles. The van der Waals surface area contributed by atoms with Crippen molar-refractivity contribution in [2.75, 3.05) is 12.4 Å². The summed E-state index contributed by atoms with van der Waals surface area (Å²) in [6.07, 6.45) is 1.58. The molecular formula is C17H23ClN4O3S. The van der Waals surface area contributed by atoms with Crippen LogP contribution in [0.15, 0.2) is 30.3 Å². The molecule has 0 radical (unpaired) electrons. The number of benzene rings is 1. The zero-order valence-electron chi connectivity index (χ0n) is 14.7. The first-order valence-corrected chi connectivity index (χ1v) is 8.83. The summed E-state index contributed by atoms with van der Waals surface area (Å²) in [5, 5.41) is 11.9. The average Bonchev–Trinajstić information content (AvgIpc) is 3.08. The molecule has 0 aliphatic rings. The molecule has 0 aliphatic heterocycles. The molecule has 3 N–H and O–H groups in total. The molecule has 0 bridgehead atoms. The van der Waals surface area contributed by atoms with E-state index < -0.39 is 12.0 Å². The lowest BCUT2D eigenvalue weighted by atomic mass is 9.95. The predicted octanol–water partition coefficient (Wildman–Crippen LogP) is 2.73. The minimum Gasteiger partial charge on any atom is -0.469 e. The van der Waals surface area contributed by atoms with Gasteiger partial charge in [-0.25, -0.2) is 0 Å². The van der Waals surface area contributed by atoms with E-state index in [-0.39, 0.29) is 24.3 Å². The largest absolute Gasteiger partial charge is 0.469 e. The average molecular weight is 399 g/mol. The van der Waals surface area contributed by atoms with E-state index in [9.17, 15) is 9.59 Å². The van der Waals surface area contributed by atoms with Crippen LogP contribution in [0.3, 0.4) is 0 Å². The van der Waals surface area contributed by atoms with Crippen molar-refractivity contribution in [3.8, 4) is 0 Å². The van der Waals surface area contributed by atoms with Crippen molar-refractivity contribution in [2.24, 2.45) is 11.7 Å². The number of anilines is 1. The second-order valence-electron chi connectivity index (χ2n) is 5.65. The zero-order chi connectivity index (χ0) is 18.2. The minimum absolute atomic E-state index is 0. The molecule has 26 heavy (non-hydrogen) atoms. The van der Waals surface area contributed by atoms with Gasteiger partial charge >= 0.3 is 5.97 Å². The van der Waals surface area contributed by atoms with Gasteiger partial charge in [0.15, 0.2) is 0 Å². The standard InChI is InChI=1S/C17H22N4O3S.ClH/c1-11(15(18)12-7-4-3-5-8-12)16(23)19-17-21-20-13(25-17)9-6-10-14(22)24-2;/h3-5,7-8,11,15H,6,9-10,18H2,1-2H3,(H,19,21,23);1H. The lowest BCUT2D eigenvalue weighted by Crippen LogP contribution is -2.30. The number of halogens is 1. The molecule has 2 rings (SSSR count). The number of amides is 1. The first kappa shape index (κ1) is 22.0. The summed E-state index contributed by atoms with van der Waals surface area (Å²) < 4.78 is 4.59. The fourth-order valence-corrected chi connectivity index (χ4v) is 3.02. The number of hydrogen-bond acceptors (Lipinski definition) is 7. The van der Waals surface area contributed by atoms with E-state index in [1.165, 1.54) is 18.4 Å². The Morgan fingerprint density at radius 2 is 1.96 bits per heavy atom. The Balaban J connectivity index is 0.00000338. The highest BCUT2D eigenvalue weighted by atomic mass is 35.5. The highest BCUT2D eigenvalue weighted by Gasteiger charge is 2.23.